The van der Waals surface area contributed by atoms with E-state index in [2.05, 4.69) is 20.9 Å². The molecule has 68 valence electrons. The van der Waals surface area contributed by atoms with Gasteiger partial charge in [0.05, 0.1) is 5.56 Å². The lowest BCUT2D eigenvalue weighted by Gasteiger charge is -1.94. The van der Waals surface area contributed by atoms with Gasteiger partial charge in [-0.05, 0) is 27.6 Å². The van der Waals surface area contributed by atoms with Crippen molar-refractivity contribution in [2.45, 2.75) is 0 Å². The summed E-state index contributed by atoms with van der Waals surface area (Å²) in [6, 6.07) is 2.35. The first-order valence-electron chi connectivity index (χ1n) is 3.03. The number of nitro groups is 1. The molecule has 0 unspecified atom stereocenters. The number of carbonyl (C=O) groups is 1. The molecule has 0 aliphatic rings. The molecule has 1 aromatic heterocycles. The number of hydrogen-bond acceptors (Lipinski definition) is 4. The molecule has 0 spiro atoms. The van der Waals surface area contributed by atoms with Gasteiger partial charge in [-0.3, -0.25) is 4.79 Å². The van der Waals surface area contributed by atoms with Gasteiger partial charge in [-0.2, -0.15) is 0 Å². The molecule has 5 nitrogen and oxygen atoms in total. The fourth-order valence-electron chi connectivity index (χ4n) is 0.673. The summed E-state index contributed by atoms with van der Waals surface area (Å²) in [6.07, 6.45) is 0. The summed E-state index contributed by atoms with van der Waals surface area (Å²) in [5.41, 5.74) is 0.104. The van der Waals surface area contributed by atoms with E-state index in [0.29, 0.717) is 0 Å². The normalized spacial score (nSPS) is 9.69. The highest BCUT2D eigenvalue weighted by Crippen LogP contribution is 2.19. The van der Waals surface area contributed by atoms with Crippen molar-refractivity contribution in [2.75, 3.05) is 0 Å². The van der Waals surface area contributed by atoms with Crippen LogP contribution in [0, 0.1) is 10.1 Å². The van der Waals surface area contributed by atoms with Crippen LogP contribution in [-0.4, -0.2) is 15.1 Å². The topological polar surface area (TPSA) is 73.1 Å². The zero-order valence-electron chi connectivity index (χ0n) is 6.03. The molecule has 7 heteroatoms. The van der Waals surface area contributed by atoms with E-state index in [4.69, 9.17) is 11.6 Å². The van der Waals surface area contributed by atoms with Crippen LogP contribution < -0.4 is 0 Å². The third-order valence-corrected chi connectivity index (χ3v) is 2.04. The minimum Gasteiger partial charge on any atom is -0.358 e. The molecule has 0 aliphatic carbocycles. The third kappa shape index (κ3) is 2.22. The van der Waals surface area contributed by atoms with Gasteiger partial charge in [-0.25, -0.2) is 0 Å². The van der Waals surface area contributed by atoms with Gasteiger partial charge in [0, 0.05) is 22.0 Å². The molecule has 0 N–H and O–H groups in total. The average Bonchev–Trinajstić information content (AvgIpc) is 2.03. The van der Waals surface area contributed by atoms with E-state index in [9.17, 15) is 14.9 Å². The van der Waals surface area contributed by atoms with Crippen LogP contribution in [0.4, 0.5) is 5.82 Å². The van der Waals surface area contributed by atoms with Crippen molar-refractivity contribution in [1.82, 2.24) is 4.98 Å². The average molecular weight is 265 g/mol. The Kier molecular flexibility index (Phi) is 2.94. The molecule has 0 aliphatic heterocycles. The second kappa shape index (κ2) is 3.80. The lowest BCUT2D eigenvalue weighted by atomic mass is 10.3. The van der Waals surface area contributed by atoms with Crippen molar-refractivity contribution in [2.24, 2.45) is 0 Å². The molecule has 13 heavy (non-hydrogen) atoms. The summed E-state index contributed by atoms with van der Waals surface area (Å²) in [7, 11) is 0. The fourth-order valence-corrected chi connectivity index (χ4v) is 1.43. The van der Waals surface area contributed by atoms with Crippen LogP contribution in [-0.2, 0) is 0 Å². The summed E-state index contributed by atoms with van der Waals surface area (Å²) >= 11 is 8.06. The van der Waals surface area contributed by atoms with Crippen LogP contribution in [0.5, 0.6) is 0 Å². The van der Waals surface area contributed by atoms with Gasteiger partial charge >= 0.3 is 5.82 Å². The van der Waals surface area contributed by atoms with Crippen LogP contribution in [0.2, 0.25) is 0 Å². The number of hydrogen-bond donors (Lipinski definition) is 0. The lowest BCUT2D eigenvalue weighted by Crippen LogP contribution is -1.97. The van der Waals surface area contributed by atoms with Crippen LogP contribution in [0.1, 0.15) is 10.4 Å². The molecule has 1 rings (SSSR count). The summed E-state index contributed by atoms with van der Waals surface area (Å²) in [6.45, 7) is 0. The maximum Gasteiger partial charge on any atom is 0.364 e. The Bertz CT molecular complexity index is 382. The maximum absolute atomic E-state index is 10.7. The van der Waals surface area contributed by atoms with Crippen molar-refractivity contribution < 1.29 is 9.72 Å². The van der Waals surface area contributed by atoms with Crippen LogP contribution in [0.25, 0.3) is 0 Å². The Morgan fingerprint density at radius 3 is 2.62 bits per heavy atom. The highest BCUT2D eigenvalue weighted by atomic mass is 79.9. The van der Waals surface area contributed by atoms with Crippen molar-refractivity contribution >= 4 is 38.6 Å². The molecule has 1 heterocycles. The van der Waals surface area contributed by atoms with Gasteiger partial charge in [0.15, 0.2) is 0 Å². The van der Waals surface area contributed by atoms with Crippen molar-refractivity contribution in [1.29, 1.82) is 0 Å². The van der Waals surface area contributed by atoms with E-state index < -0.39 is 10.2 Å². The smallest absolute Gasteiger partial charge is 0.358 e. The second-order valence-electron chi connectivity index (χ2n) is 2.04. The molecule has 0 atom stereocenters. The monoisotopic (exact) mass is 264 g/mol. The van der Waals surface area contributed by atoms with Crippen molar-refractivity contribution in [3.05, 3.63) is 32.4 Å². The summed E-state index contributed by atoms with van der Waals surface area (Å²) in [5.74, 6) is -0.339. The molecule has 0 aromatic carbocycles. The first-order chi connectivity index (χ1) is 6.02. The van der Waals surface area contributed by atoms with E-state index in [1.54, 1.807) is 0 Å². The van der Waals surface area contributed by atoms with Gasteiger partial charge in [0.1, 0.15) is 0 Å². The lowest BCUT2D eigenvalue weighted by molar-refractivity contribution is -0.389. The van der Waals surface area contributed by atoms with Crippen molar-refractivity contribution in [3.63, 3.8) is 0 Å². The Balaban J connectivity index is 3.20. The molecule has 1 aromatic rings. The standard InChI is InChI=1S/C6H2BrClN2O3/c7-5-3(6(8)11)1-2-4(9-5)10(12)13/h1-2H. The highest BCUT2D eigenvalue weighted by molar-refractivity contribution is 9.10. The maximum atomic E-state index is 10.7. The largest absolute Gasteiger partial charge is 0.364 e. The molecule has 0 bridgehead atoms. The number of pyridine rings is 1. The van der Waals surface area contributed by atoms with Gasteiger partial charge in [-0.15, -0.1) is 0 Å². The van der Waals surface area contributed by atoms with E-state index in [1.165, 1.54) is 6.07 Å². The SMILES string of the molecule is O=C(Cl)c1ccc([N+](=O)[O-])nc1Br. The van der Waals surface area contributed by atoms with Crippen LogP contribution in [0.15, 0.2) is 16.7 Å². The molecule has 0 amide bonds. The zero-order chi connectivity index (χ0) is 10.0. The van der Waals surface area contributed by atoms with E-state index in [0.717, 1.165) is 6.07 Å². The minimum atomic E-state index is -0.714. The highest BCUT2D eigenvalue weighted by Gasteiger charge is 2.16. The minimum absolute atomic E-state index is 0.0710. The van der Waals surface area contributed by atoms with Crippen LogP contribution in [0.3, 0.4) is 0 Å². The number of nitrogens with zero attached hydrogens (tertiary/aromatic N) is 2. The number of rotatable bonds is 2. The third-order valence-electron chi connectivity index (χ3n) is 1.23. The van der Waals surface area contributed by atoms with Gasteiger partial charge in [0.2, 0.25) is 4.60 Å². The predicted molar refractivity (Wildman–Crippen MR) is 48.8 cm³/mol. The summed E-state index contributed by atoms with van der Waals surface area (Å²) in [5, 5.41) is 9.52. The molecule has 0 fully saturated rings. The molecule has 0 saturated carbocycles. The summed E-state index contributed by atoms with van der Waals surface area (Å²) in [4.78, 5) is 23.8. The van der Waals surface area contributed by atoms with E-state index in [-0.39, 0.29) is 16.0 Å². The van der Waals surface area contributed by atoms with E-state index in [1.807, 2.05) is 0 Å². The molecule has 0 saturated heterocycles. The van der Waals surface area contributed by atoms with Gasteiger partial charge in [-0.1, -0.05) is 0 Å². The second-order valence-corrected chi connectivity index (χ2v) is 3.13. The van der Waals surface area contributed by atoms with Gasteiger partial charge in [0.25, 0.3) is 5.24 Å². The molecule has 0 radical (unpaired) electrons. The molecular weight excluding hydrogens is 263 g/mol. The molecular formula is C6H2BrClN2O3. The first-order valence-corrected chi connectivity index (χ1v) is 4.20. The van der Waals surface area contributed by atoms with E-state index >= 15 is 0 Å². The number of aromatic nitrogens is 1. The zero-order valence-corrected chi connectivity index (χ0v) is 8.37. The predicted octanol–water partition coefficient (Wildman–Crippen LogP) is 2.13. The Hall–Kier alpha value is -1.01. The first kappa shape index (κ1) is 10.1. The van der Waals surface area contributed by atoms with Crippen LogP contribution >= 0.6 is 27.5 Å². The number of carbonyl (C=O) groups excluding carboxylic acids is 1. The van der Waals surface area contributed by atoms with Gasteiger partial charge < -0.3 is 10.1 Å². The summed E-state index contributed by atoms with van der Waals surface area (Å²) < 4.78 is 0.0710. The quantitative estimate of drug-likeness (QED) is 0.355. The fraction of sp³-hybridized carbons (Fsp3) is 0. The number of halogens is 2. The Labute approximate surface area is 86.0 Å². The Morgan fingerprint density at radius 1 is 1.62 bits per heavy atom. The van der Waals surface area contributed by atoms with Crippen molar-refractivity contribution in [3.8, 4) is 0 Å². The Morgan fingerprint density at radius 2 is 2.23 bits per heavy atom.